The molecule has 1 unspecified atom stereocenters. The summed E-state index contributed by atoms with van der Waals surface area (Å²) < 4.78 is 0. The topological polar surface area (TPSA) is 64.1 Å². The molecular weight excluding hydrogens is 270 g/mol. The van der Waals surface area contributed by atoms with Crippen molar-refractivity contribution >= 4 is 11.8 Å². The Kier molecular flexibility index (Phi) is 4.88. The highest BCUT2D eigenvalue weighted by Gasteiger charge is 2.41. The van der Waals surface area contributed by atoms with Crippen molar-refractivity contribution in [1.82, 2.24) is 14.7 Å². The number of nitrogens with zero attached hydrogens (tertiary/aromatic N) is 3. The van der Waals surface area contributed by atoms with E-state index < -0.39 is 0 Å². The Hall–Kier alpha value is -1.14. The second-order valence-electron chi connectivity index (χ2n) is 6.97. The van der Waals surface area contributed by atoms with Gasteiger partial charge in [-0.25, -0.2) is 0 Å². The molecule has 0 saturated carbocycles. The first kappa shape index (κ1) is 16.2. The third-order valence-corrected chi connectivity index (χ3v) is 4.38. The van der Waals surface area contributed by atoms with Crippen LogP contribution in [0.15, 0.2) is 0 Å². The molecule has 2 amide bonds. The average molecular weight is 297 g/mol. The van der Waals surface area contributed by atoms with Crippen molar-refractivity contribution in [1.29, 1.82) is 0 Å². The molecule has 2 aliphatic heterocycles. The molecule has 1 N–H and O–H groups in total. The number of β-amino-alcohol motifs (C(OH)–C–C–N with tert-alkyl or cyclic N) is 1. The van der Waals surface area contributed by atoms with Gasteiger partial charge in [-0.3, -0.25) is 14.5 Å². The van der Waals surface area contributed by atoms with Gasteiger partial charge in [-0.15, -0.1) is 0 Å². The number of likely N-dealkylation sites (tertiary alicyclic amines) is 1. The maximum Gasteiger partial charge on any atom is 0.228 e. The Morgan fingerprint density at radius 1 is 1.24 bits per heavy atom. The lowest BCUT2D eigenvalue weighted by atomic mass is 10.1. The first-order valence-electron chi connectivity index (χ1n) is 7.75. The van der Waals surface area contributed by atoms with Crippen LogP contribution in [0.5, 0.6) is 0 Å². The van der Waals surface area contributed by atoms with Gasteiger partial charge in [-0.05, 0) is 20.8 Å². The number of hydrogen-bond acceptors (Lipinski definition) is 4. The minimum Gasteiger partial charge on any atom is -0.395 e. The average Bonchev–Trinajstić information content (AvgIpc) is 2.81. The molecule has 0 spiro atoms. The van der Waals surface area contributed by atoms with E-state index in [0.29, 0.717) is 32.6 Å². The number of aliphatic hydroxyl groups is 1. The zero-order chi connectivity index (χ0) is 15.6. The summed E-state index contributed by atoms with van der Waals surface area (Å²) in [7, 11) is 0. The van der Waals surface area contributed by atoms with Crippen molar-refractivity contribution in [2.75, 3.05) is 45.9 Å². The highest BCUT2D eigenvalue weighted by atomic mass is 16.3. The van der Waals surface area contributed by atoms with Gasteiger partial charge in [0.05, 0.1) is 12.5 Å². The summed E-state index contributed by atoms with van der Waals surface area (Å²) in [6, 6.07) is 0. The molecule has 6 heteroatoms. The van der Waals surface area contributed by atoms with Gasteiger partial charge < -0.3 is 14.9 Å². The van der Waals surface area contributed by atoms with E-state index in [2.05, 4.69) is 4.90 Å². The molecule has 0 bridgehead atoms. The SMILES string of the molecule is CC(C)(C)N1CC(C(=O)N2CCN(CCO)CC2)CC1=O. The second kappa shape index (κ2) is 6.32. The van der Waals surface area contributed by atoms with Crippen LogP contribution in [0.1, 0.15) is 27.2 Å². The van der Waals surface area contributed by atoms with Crippen LogP contribution < -0.4 is 0 Å². The third kappa shape index (κ3) is 3.74. The van der Waals surface area contributed by atoms with Crippen LogP contribution in [-0.4, -0.2) is 83.0 Å². The minimum absolute atomic E-state index is 0.0831. The fourth-order valence-corrected chi connectivity index (χ4v) is 3.11. The van der Waals surface area contributed by atoms with E-state index in [4.69, 9.17) is 5.11 Å². The van der Waals surface area contributed by atoms with Crippen LogP contribution in [0.3, 0.4) is 0 Å². The molecule has 0 aromatic rings. The van der Waals surface area contributed by atoms with E-state index in [9.17, 15) is 9.59 Å². The van der Waals surface area contributed by atoms with Crippen LogP contribution in [0.25, 0.3) is 0 Å². The smallest absolute Gasteiger partial charge is 0.228 e. The monoisotopic (exact) mass is 297 g/mol. The number of carbonyl (C=O) groups excluding carboxylic acids is 2. The van der Waals surface area contributed by atoms with Gasteiger partial charge in [0.2, 0.25) is 11.8 Å². The quantitative estimate of drug-likeness (QED) is 0.781. The molecule has 2 aliphatic rings. The lowest BCUT2D eigenvalue weighted by Gasteiger charge is -2.36. The van der Waals surface area contributed by atoms with E-state index in [0.717, 1.165) is 13.1 Å². The largest absolute Gasteiger partial charge is 0.395 e. The van der Waals surface area contributed by atoms with Gasteiger partial charge in [-0.1, -0.05) is 0 Å². The number of piperazine rings is 1. The Labute approximate surface area is 126 Å². The summed E-state index contributed by atoms with van der Waals surface area (Å²) in [5.41, 5.74) is -0.216. The van der Waals surface area contributed by atoms with Gasteiger partial charge in [-0.2, -0.15) is 0 Å². The second-order valence-corrected chi connectivity index (χ2v) is 6.97. The van der Waals surface area contributed by atoms with E-state index in [-0.39, 0.29) is 29.9 Å². The molecule has 21 heavy (non-hydrogen) atoms. The summed E-state index contributed by atoms with van der Waals surface area (Å²) >= 11 is 0. The van der Waals surface area contributed by atoms with Crippen molar-refractivity contribution in [2.24, 2.45) is 5.92 Å². The Morgan fingerprint density at radius 3 is 2.33 bits per heavy atom. The summed E-state index contributed by atoms with van der Waals surface area (Å²) in [5.74, 6) is -0.000341. The Bertz CT molecular complexity index is 397. The fourth-order valence-electron chi connectivity index (χ4n) is 3.11. The first-order valence-corrected chi connectivity index (χ1v) is 7.75. The summed E-state index contributed by atoms with van der Waals surface area (Å²) in [4.78, 5) is 30.5. The maximum absolute atomic E-state index is 12.6. The van der Waals surface area contributed by atoms with Gasteiger partial charge in [0, 0.05) is 51.2 Å². The van der Waals surface area contributed by atoms with Crippen molar-refractivity contribution < 1.29 is 14.7 Å². The Morgan fingerprint density at radius 2 is 1.86 bits per heavy atom. The van der Waals surface area contributed by atoms with Crippen molar-refractivity contribution in [3.63, 3.8) is 0 Å². The summed E-state index contributed by atoms with van der Waals surface area (Å²) in [6.45, 7) is 10.4. The number of hydrogen-bond donors (Lipinski definition) is 1. The van der Waals surface area contributed by atoms with Gasteiger partial charge >= 0.3 is 0 Å². The van der Waals surface area contributed by atoms with Crippen molar-refractivity contribution in [2.45, 2.75) is 32.7 Å². The molecule has 2 saturated heterocycles. The van der Waals surface area contributed by atoms with E-state index in [1.165, 1.54) is 0 Å². The normalized spacial score (nSPS) is 24.8. The minimum atomic E-state index is -0.216. The van der Waals surface area contributed by atoms with Crippen LogP contribution in [0, 0.1) is 5.92 Å². The number of amides is 2. The molecule has 1 atom stereocenters. The molecule has 0 aromatic heterocycles. The van der Waals surface area contributed by atoms with E-state index >= 15 is 0 Å². The molecule has 6 nitrogen and oxygen atoms in total. The van der Waals surface area contributed by atoms with Gasteiger partial charge in [0.1, 0.15) is 0 Å². The van der Waals surface area contributed by atoms with Crippen LogP contribution >= 0.6 is 0 Å². The summed E-state index contributed by atoms with van der Waals surface area (Å²) in [5, 5.41) is 8.94. The lowest BCUT2D eigenvalue weighted by molar-refractivity contribution is -0.137. The van der Waals surface area contributed by atoms with E-state index in [1.807, 2.05) is 30.6 Å². The lowest BCUT2D eigenvalue weighted by Crippen LogP contribution is -2.51. The van der Waals surface area contributed by atoms with E-state index in [1.54, 1.807) is 0 Å². The van der Waals surface area contributed by atoms with Crippen molar-refractivity contribution in [3.8, 4) is 0 Å². The molecule has 120 valence electrons. The Balaban J connectivity index is 1.89. The number of rotatable bonds is 3. The standard InChI is InChI=1S/C15H27N3O3/c1-15(2,3)18-11-12(10-13(18)20)14(21)17-6-4-16(5-7-17)8-9-19/h12,19H,4-11H2,1-3H3. The molecule has 2 rings (SSSR count). The predicted octanol–water partition coefficient (Wildman–Crippen LogP) is -0.230. The molecular formula is C15H27N3O3. The van der Waals surface area contributed by atoms with Crippen LogP contribution in [-0.2, 0) is 9.59 Å². The molecule has 2 heterocycles. The molecule has 0 radical (unpaired) electrons. The number of aliphatic hydroxyl groups excluding tert-OH is 1. The summed E-state index contributed by atoms with van der Waals surface area (Å²) in [6.07, 6.45) is 0.340. The zero-order valence-electron chi connectivity index (χ0n) is 13.3. The highest BCUT2D eigenvalue weighted by molar-refractivity contribution is 5.89. The fraction of sp³-hybridized carbons (Fsp3) is 0.867. The predicted molar refractivity (Wildman–Crippen MR) is 79.7 cm³/mol. The highest BCUT2D eigenvalue weighted by Crippen LogP contribution is 2.27. The first-order chi connectivity index (χ1) is 9.82. The van der Waals surface area contributed by atoms with Crippen molar-refractivity contribution in [3.05, 3.63) is 0 Å². The molecule has 2 fully saturated rings. The van der Waals surface area contributed by atoms with Gasteiger partial charge in [0.25, 0.3) is 0 Å². The zero-order valence-corrected chi connectivity index (χ0v) is 13.3. The van der Waals surface area contributed by atoms with Crippen LogP contribution in [0.2, 0.25) is 0 Å². The molecule has 0 aromatic carbocycles. The van der Waals surface area contributed by atoms with Crippen LogP contribution in [0.4, 0.5) is 0 Å². The van der Waals surface area contributed by atoms with Gasteiger partial charge in [0.15, 0.2) is 0 Å². The maximum atomic E-state index is 12.6. The number of carbonyl (C=O) groups is 2. The third-order valence-electron chi connectivity index (χ3n) is 4.38. The molecule has 0 aliphatic carbocycles.